The largest absolute Gasteiger partial charge is 0.413 e. The average molecular weight is 382 g/mol. The van der Waals surface area contributed by atoms with Gasteiger partial charge in [-0.15, -0.1) is 0 Å². The monoisotopic (exact) mass is 382 g/mol. The zero-order chi connectivity index (χ0) is 13.9. The maximum absolute atomic E-state index is 6.85. The van der Waals surface area contributed by atoms with Gasteiger partial charge in [0, 0.05) is 10.0 Å². The van der Waals surface area contributed by atoms with Crippen molar-refractivity contribution in [2.24, 2.45) is 0 Å². The Hall–Kier alpha value is 0.907. The lowest BCUT2D eigenvalue weighted by Gasteiger charge is -2.45. The van der Waals surface area contributed by atoms with Gasteiger partial charge >= 0.3 is 0 Å². The zero-order valence-electron chi connectivity index (χ0n) is 13.0. The number of hydrogen-bond donors (Lipinski definition) is 0. The first kappa shape index (κ1) is 17.0. The van der Waals surface area contributed by atoms with E-state index >= 15 is 0 Å². The number of rotatable bonds is 5. The molecule has 0 aromatic carbocycles. The Morgan fingerprint density at radius 1 is 0.833 bits per heavy atom. The van der Waals surface area contributed by atoms with Crippen LogP contribution in [-0.4, -0.2) is 18.3 Å². The fourth-order valence-corrected chi connectivity index (χ4v) is 10.2. The van der Waals surface area contributed by atoms with Crippen molar-refractivity contribution in [3.05, 3.63) is 0 Å². The second-order valence-electron chi connectivity index (χ2n) is 6.81. The fraction of sp³-hybridized carbons (Fsp3) is 1.00. The fourth-order valence-electron chi connectivity index (χ4n) is 3.84. The minimum absolute atomic E-state index is 0.551. The Labute approximate surface area is 129 Å². The smallest absolute Gasteiger partial charge is 0.200 e. The molecule has 0 radical (unpaired) electrons. The van der Waals surface area contributed by atoms with Crippen LogP contribution in [0, 0.1) is 0 Å². The molecule has 1 saturated carbocycles. The van der Waals surface area contributed by atoms with Gasteiger partial charge in [0.05, 0.1) is 0 Å². The van der Waals surface area contributed by atoms with Gasteiger partial charge in [0.25, 0.3) is 0 Å². The topological polar surface area (TPSA) is 9.23 Å². The molecule has 0 aliphatic heterocycles. The van der Waals surface area contributed by atoms with Crippen molar-refractivity contribution in [3.63, 3.8) is 0 Å². The van der Waals surface area contributed by atoms with Crippen LogP contribution < -0.4 is 0 Å². The first-order chi connectivity index (χ1) is 8.30. The van der Waals surface area contributed by atoms with Crippen LogP contribution in [0.5, 0.6) is 0 Å². The second-order valence-corrected chi connectivity index (χ2v) is 14.0. The third-order valence-corrected chi connectivity index (χ3v) is 12.1. The highest BCUT2D eigenvalue weighted by molar-refractivity contribution is 14.1. The molecule has 0 aromatic heterocycles. The van der Waals surface area contributed by atoms with Crippen molar-refractivity contribution >= 4 is 30.9 Å². The summed E-state index contributed by atoms with van der Waals surface area (Å²) in [6, 6.07) is 0. The number of hydrogen-bond acceptors (Lipinski definition) is 1. The molecule has 0 heterocycles. The number of halogens is 1. The summed E-state index contributed by atoms with van der Waals surface area (Å²) in [6.45, 7) is 14.3. The van der Waals surface area contributed by atoms with Crippen molar-refractivity contribution in [2.45, 2.75) is 93.9 Å². The molecule has 0 bridgehead atoms. The van der Waals surface area contributed by atoms with E-state index < -0.39 is 8.32 Å². The van der Waals surface area contributed by atoms with Crippen LogP contribution in [0.25, 0.3) is 0 Å². The van der Waals surface area contributed by atoms with Gasteiger partial charge in [-0.05, 0) is 42.3 Å². The van der Waals surface area contributed by atoms with E-state index in [2.05, 4.69) is 64.1 Å². The molecule has 1 rings (SSSR count). The van der Waals surface area contributed by atoms with Crippen LogP contribution in [-0.2, 0) is 4.43 Å². The van der Waals surface area contributed by atoms with Gasteiger partial charge in [0.1, 0.15) is 0 Å². The SMILES string of the molecule is CC(C)[Si](OC1CCC(I)CC1)(C(C)C)C(C)C. The maximum atomic E-state index is 6.85. The molecule has 1 nitrogen and oxygen atoms in total. The molecule has 1 fully saturated rings. The van der Waals surface area contributed by atoms with Gasteiger partial charge in [-0.1, -0.05) is 64.1 Å². The van der Waals surface area contributed by atoms with Crippen LogP contribution >= 0.6 is 22.6 Å². The van der Waals surface area contributed by atoms with Gasteiger partial charge in [-0.25, -0.2) is 0 Å². The van der Waals surface area contributed by atoms with E-state index in [0.717, 1.165) is 20.5 Å². The van der Waals surface area contributed by atoms with Crippen LogP contribution in [0.4, 0.5) is 0 Å². The van der Waals surface area contributed by atoms with E-state index in [-0.39, 0.29) is 0 Å². The third-order valence-electron chi connectivity index (χ3n) is 4.68. The standard InChI is InChI=1S/C15H31IOSi/c1-11(2)18(12(3)4,13(5)6)17-15-9-7-14(16)8-10-15/h11-15H,7-10H2,1-6H3. The molecule has 1 aliphatic carbocycles. The molecule has 0 unspecified atom stereocenters. The van der Waals surface area contributed by atoms with E-state index in [4.69, 9.17) is 4.43 Å². The summed E-state index contributed by atoms with van der Waals surface area (Å²) in [4.78, 5) is 0. The Morgan fingerprint density at radius 2 is 1.22 bits per heavy atom. The molecule has 0 aromatic rings. The van der Waals surface area contributed by atoms with E-state index in [1.165, 1.54) is 25.7 Å². The summed E-state index contributed by atoms with van der Waals surface area (Å²) in [7, 11) is -1.64. The molecule has 0 atom stereocenters. The highest BCUT2D eigenvalue weighted by Crippen LogP contribution is 2.44. The van der Waals surface area contributed by atoms with Crippen molar-refractivity contribution in [1.29, 1.82) is 0 Å². The minimum atomic E-state index is -1.64. The number of alkyl halides is 1. The Kier molecular flexibility index (Phi) is 6.66. The first-order valence-corrected chi connectivity index (χ1v) is 11.0. The highest BCUT2D eigenvalue weighted by Gasteiger charge is 2.46. The van der Waals surface area contributed by atoms with E-state index in [1.807, 2.05) is 0 Å². The maximum Gasteiger partial charge on any atom is 0.200 e. The third kappa shape index (κ3) is 3.72. The summed E-state index contributed by atoms with van der Waals surface area (Å²) in [5, 5.41) is 0. The zero-order valence-corrected chi connectivity index (χ0v) is 16.2. The van der Waals surface area contributed by atoms with Crippen molar-refractivity contribution in [1.82, 2.24) is 0 Å². The van der Waals surface area contributed by atoms with Crippen molar-refractivity contribution < 1.29 is 4.43 Å². The van der Waals surface area contributed by atoms with Gasteiger partial charge in [0.15, 0.2) is 0 Å². The molecule has 1 aliphatic rings. The van der Waals surface area contributed by atoms with Crippen LogP contribution in [0.1, 0.15) is 67.2 Å². The molecule has 0 spiro atoms. The molecular weight excluding hydrogens is 351 g/mol. The van der Waals surface area contributed by atoms with Gasteiger partial charge in [-0.2, -0.15) is 0 Å². The first-order valence-electron chi connectivity index (χ1n) is 7.62. The molecule has 0 N–H and O–H groups in total. The second kappa shape index (κ2) is 7.07. The Bertz CT molecular complexity index is 223. The summed E-state index contributed by atoms with van der Waals surface area (Å²) in [5.41, 5.74) is 2.15. The van der Waals surface area contributed by atoms with Crippen LogP contribution in [0.3, 0.4) is 0 Å². The van der Waals surface area contributed by atoms with E-state index in [0.29, 0.717) is 6.10 Å². The van der Waals surface area contributed by atoms with Gasteiger partial charge in [0.2, 0.25) is 8.32 Å². The molecule has 108 valence electrons. The molecule has 0 saturated heterocycles. The molecule has 3 heteroatoms. The lowest BCUT2D eigenvalue weighted by atomic mass is 9.98. The highest BCUT2D eigenvalue weighted by atomic mass is 127. The summed E-state index contributed by atoms with van der Waals surface area (Å²) >= 11 is 2.60. The minimum Gasteiger partial charge on any atom is -0.413 e. The van der Waals surface area contributed by atoms with E-state index in [9.17, 15) is 0 Å². The van der Waals surface area contributed by atoms with Crippen LogP contribution in [0.2, 0.25) is 16.6 Å². The van der Waals surface area contributed by atoms with E-state index in [1.54, 1.807) is 0 Å². The Balaban J connectivity index is 2.78. The predicted octanol–water partition coefficient (Wildman–Crippen LogP) is 5.92. The summed E-state index contributed by atoms with van der Waals surface area (Å²) in [6.07, 6.45) is 5.83. The lowest BCUT2D eigenvalue weighted by Crippen LogP contribution is -2.50. The normalized spacial score (nSPS) is 26.3. The lowest BCUT2D eigenvalue weighted by molar-refractivity contribution is 0.135. The van der Waals surface area contributed by atoms with Gasteiger partial charge < -0.3 is 4.43 Å². The summed E-state index contributed by atoms with van der Waals surface area (Å²) < 4.78 is 7.73. The molecular formula is C15H31IOSi. The van der Waals surface area contributed by atoms with Crippen molar-refractivity contribution in [2.75, 3.05) is 0 Å². The average Bonchev–Trinajstić information content (AvgIpc) is 2.26. The molecule has 0 amide bonds. The summed E-state index contributed by atoms with van der Waals surface area (Å²) in [5.74, 6) is 0. The van der Waals surface area contributed by atoms with Crippen molar-refractivity contribution in [3.8, 4) is 0 Å². The quantitative estimate of drug-likeness (QED) is 0.326. The Morgan fingerprint density at radius 3 is 1.56 bits per heavy atom. The van der Waals surface area contributed by atoms with Crippen LogP contribution in [0.15, 0.2) is 0 Å². The van der Waals surface area contributed by atoms with Gasteiger partial charge in [-0.3, -0.25) is 0 Å². The molecule has 18 heavy (non-hydrogen) atoms. The predicted molar refractivity (Wildman–Crippen MR) is 92.2 cm³/mol.